The molecule has 0 radical (unpaired) electrons. The lowest BCUT2D eigenvalue weighted by atomic mass is 10.1. The molecule has 0 aromatic carbocycles. The summed E-state index contributed by atoms with van der Waals surface area (Å²) in [6, 6.07) is 0. The lowest BCUT2D eigenvalue weighted by Gasteiger charge is -2.20. The number of aliphatic hydroxyl groups excluding tert-OH is 2. The minimum absolute atomic E-state index is 0.0405. The average Bonchev–Trinajstić information content (AvgIpc) is 3.23. The summed E-state index contributed by atoms with van der Waals surface area (Å²) in [5.41, 5.74) is 0. The van der Waals surface area contributed by atoms with Crippen LogP contribution < -0.4 is 0 Å². The van der Waals surface area contributed by atoms with Gasteiger partial charge in [0.2, 0.25) is 0 Å². The van der Waals surface area contributed by atoms with E-state index in [1.54, 1.807) is 0 Å². The standard InChI is InChI=1S/C49H91O9P/c1-3-5-7-9-11-13-15-17-19-21-23-24-26-28-30-32-34-36-38-40-42-55-45-48(46-57-59(53,54)56-44-47(51)43-50)58-49(52)41-39-37-35-33-31-29-27-25-22-20-18-16-14-12-10-8-6-4-2/h11,13,17,19-20,22-24,47-48,50-51H,3-10,12,14-16,18,21,25-46H2,1-2H3,(H,53,54)/b13-11-,19-17-,22-20-,24-23-. The molecular formula is C49H91O9P. The fourth-order valence-corrected chi connectivity index (χ4v) is 7.32. The van der Waals surface area contributed by atoms with Crippen molar-refractivity contribution < 1.29 is 43.0 Å². The molecule has 0 heterocycles. The van der Waals surface area contributed by atoms with Crippen LogP contribution >= 0.6 is 7.82 Å². The number of carbonyl (C=O) groups is 1. The van der Waals surface area contributed by atoms with Gasteiger partial charge in [0.05, 0.1) is 26.4 Å². The number of unbranched alkanes of at least 4 members (excludes halogenated alkanes) is 24. The lowest BCUT2D eigenvalue weighted by Crippen LogP contribution is -2.29. The Labute approximate surface area is 362 Å². The van der Waals surface area contributed by atoms with Gasteiger partial charge in [-0.15, -0.1) is 0 Å². The Hall–Kier alpha value is -1.58. The topological polar surface area (TPSA) is 132 Å². The molecule has 346 valence electrons. The molecule has 0 fully saturated rings. The van der Waals surface area contributed by atoms with Gasteiger partial charge >= 0.3 is 13.8 Å². The molecule has 0 spiro atoms. The van der Waals surface area contributed by atoms with E-state index in [1.165, 1.54) is 122 Å². The maximum Gasteiger partial charge on any atom is 0.472 e. The van der Waals surface area contributed by atoms with Gasteiger partial charge in [-0.05, 0) is 77.0 Å². The van der Waals surface area contributed by atoms with E-state index < -0.39 is 39.2 Å². The molecule has 3 N–H and O–H groups in total. The number of phosphoric acid groups is 1. The molecule has 9 nitrogen and oxygen atoms in total. The SMILES string of the molecule is CCCCC/C=C\C/C=C\C/C=C\CCCCCCCCCOCC(COP(=O)(O)OCC(O)CO)OC(=O)CCCCCCCCC/C=C\CCCCCCCCC. The van der Waals surface area contributed by atoms with E-state index in [9.17, 15) is 19.4 Å². The Balaban J connectivity index is 4.14. The molecule has 0 saturated carbocycles. The van der Waals surface area contributed by atoms with Gasteiger partial charge in [-0.2, -0.15) is 0 Å². The number of esters is 1. The molecule has 0 bridgehead atoms. The maximum atomic E-state index is 12.7. The van der Waals surface area contributed by atoms with Crippen molar-refractivity contribution in [2.75, 3.05) is 33.0 Å². The van der Waals surface area contributed by atoms with Crippen LogP contribution in [-0.4, -0.2) is 66.3 Å². The number of phosphoric ester groups is 1. The van der Waals surface area contributed by atoms with Crippen LogP contribution in [-0.2, 0) is 27.9 Å². The molecule has 0 amide bonds. The molecule has 0 aromatic rings. The van der Waals surface area contributed by atoms with Gasteiger partial charge < -0.3 is 24.6 Å². The number of ether oxygens (including phenoxy) is 2. The fourth-order valence-electron chi connectivity index (χ4n) is 6.53. The van der Waals surface area contributed by atoms with Crippen molar-refractivity contribution in [3.8, 4) is 0 Å². The minimum atomic E-state index is -4.53. The third-order valence-corrected chi connectivity index (χ3v) is 11.2. The van der Waals surface area contributed by atoms with Gasteiger partial charge in [0.1, 0.15) is 12.2 Å². The van der Waals surface area contributed by atoms with Crippen LogP contribution in [0.25, 0.3) is 0 Å². The predicted octanol–water partition coefficient (Wildman–Crippen LogP) is 13.8. The smallest absolute Gasteiger partial charge is 0.457 e. The van der Waals surface area contributed by atoms with Gasteiger partial charge in [0, 0.05) is 13.0 Å². The van der Waals surface area contributed by atoms with E-state index in [4.69, 9.17) is 23.6 Å². The highest BCUT2D eigenvalue weighted by atomic mass is 31.2. The van der Waals surface area contributed by atoms with Crippen molar-refractivity contribution in [3.63, 3.8) is 0 Å². The quantitative estimate of drug-likeness (QED) is 0.0237. The first-order chi connectivity index (χ1) is 28.8. The van der Waals surface area contributed by atoms with Crippen LogP contribution in [0, 0.1) is 0 Å². The Kier molecular flexibility index (Phi) is 44.7. The molecule has 3 atom stereocenters. The molecule has 3 unspecified atom stereocenters. The Morgan fingerprint density at radius 2 is 0.915 bits per heavy atom. The Bertz CT molecular complexity index is 1060. The maximum absolute atomic E-state index is 12.7. The first-order valence-corrected chi connectivity index (χ1v) is 25.6. The van der Waals surface area contributed by atoms with Crippen LogP contribution in [0.1, 0.15) is 213 Å². The van der Waals surface area contributed by atoms with Crippen molar-refractivity contribution in [3.05, 3.63) is 48.6 Å². The highest BCUT2D eigenvalue weighted by Crippen LogP contribution is 2.43. The lowest BCUT2D eigenvalue weighted by molar-refractivity contribution is -0.154. The molecule has 0 aliphatic heterocycles. The minimum Gasteiger partial charge on any atom is -0.457 e. The summed E-state index contributed by atoms with van der Waals surface area (Å²) in [5.74, 6) is -0.390. The summed E-state index contributed by atoms with van der Waals surface area (Å²) in [5, 5.41) is 18.4. The fraction of sp³-hybridized carbons (Fsp3) is 0.816. The number of hydrogen-bond acceptors (Lipinski definition) is 8. The van der Waals surface area contributed by atoms with Gasteiger partial charge in [0.15, 0.2) is 0 Å². The monoisotopic (exact) mass is 855 g/mol. The van der Waals surface area contributed by atoms with E-state index in [0.717, 1.165) is 70.6 Å². The summed E-state index contributed by atoms with van der Waals surface area (Å²) < 4.78 is 33.5. The number of rotatable bonds is 46. The summed E-state index contributed by atoms with van der Waals surface area (Å²) in [7, 11) is -4.53. The zero-order valence-corrected chi connectivity index (χ0v) is 38.9. The molecule has 0 aliphatic carbocycles. The van der Waals surface area contributed by atoms with Crippen molar-refractivity contribution in [2.24, 2.45) is 0 Å². The number of aliphatic hydroxyl groups is 2. The van der Waals surface area contributed by atoms with Gasteiger partial charge in [0.25, 0.3) is 0 Å². The van der Waals surface area contributed by atoms with E-state index in [-0.39, 0.29) is 19.6 Å². The van der Waals surface area contributed by atoms with E-state index in [1.807, 2.05) is 0 Å². The first kappa shape index (κ1) is 57.4. The molecule has 0 saturated heterocycles. The third kappa shape index (κ3) is 45.8. The van der Waals surface area contributed by atoms with Crippen molar-refractivity contribution in [1.29, 1.82) is 0 Å². The molecular weight excluding hydrogens is 764 g/mol. The highest BCUT2D eigenvalue weighted by Gasteiger charge is 2.26. The van der Waals surface area contributed by atoms with E-state index in [2.05, 4.69) is 62.5 Å². The molecule has 10 heteroatoms. The normalized spacial score (nSPS) is 14.3. The van der Waals surface area contributed by atoms with Crippen molar-refractivity contribution in [2.45, 2.75) is 225 Å². The van der Waals surface area contributed by atoms with Gasteiger partial charge in [-0.3, -0.25) is 13.8 Å². The summed E-state index contributed by atoms with van der Waals surface area (Å²) in [4.78, 5) is 22.6. The largest absolute Gasteiger partial charge is 0.472 e. The first-order valence-electron chi connectivity index (χ1n) is 24.1. The van der Waals surface area contributed by atoms with E-state index in [0.29, 0.717) is 6.61 Å². The van der Waals surface area contributed by atoms with Crippen LogP contribution in [0.3, 0.4) is 0 Å². The van der Waals surface area contributed by atoms with Gasteiger partial charge in [-0.1, -0.05) is 178 Å². The molecule has 0 aliphatic rings. The molecule has 0 aromatic heterocycles. The number of carbonyl (C=O) groups excluding carboxylic acids is 1. The zero-order chi connectivity index (χ0) is 43.2. The third-order valence-electron chi connectivity index (χ3n) is 10.2. The number of allylic oxidation sites excluding steroid dienone is 8. The Morgan fingerprint density at radius 3 is 1.42 bits per heavy atom. The second kappa shape index (κ2) is 45.9. The van der Waals surface area contributed by atoms with Crippen molar-refractivity contribution >= 4 is 13.8 Å². The molecule has 59 heavy (non-hydrogen) atoms. The summed E-state index contributed by atoms with van der Waals surface area (Å²) >= 11 is 0. The second-order valence-corrected chi connectivity index (χ2v) is 17.6. The van der Waals surface area contributed by atoms with E-state index >= 15 is 0 Å². The summed E-state index contributed by atoms with van der Waals surface area (Å²) in [6.45, 7) is 3.48. The number of hydrogen-bond donors (Lipinski definition) is 3. The zero-order valence-electron chi connectivity index (χ0n) is 38.0. The average molecular weight is 855 g/mol. The Morgan fingerprint density at radius 1 is 0.525 bits per heavy atom. The predicted molar refractivity (Wildman–Crippen MR) is 247 cm³/mol. The van der Waals surface area contributed by atoms with Crippen LogP contribution in [0.2, 0.25) is 0 Å². The molecule has 0 rings (SSSR count). The van der Waals surface area contributed by atoms with Crippen LogP contribution in [0.4, 0.5) is 0 Å². The highest BCUT2D eigenvalue weighted by molar-refractivity contribution is 7.47. The van der Waals surface area contributed by atoms with Crippen LogP contribution in [0.15, 0.2) is 48.6 Å². The summed E-state index contributed by atoms with van der Waals surface area (Å²) in [6.07, 6.45) is 52.1. The van der Waals surface area contributed by atoms with Crippen LogP contribution in [0.5, 0.6) is 0 Å². The van der Waals surface area contributed by atoms with Crippen molar-refractivity contribution in [1.82, 2.24) is 0 Å². The van der Waals surface area contributed by atoms with Gasteiger partial charge in [-0.25, -0.2) is 4.57 Å². The second-order valence-electron chi connectivity index (χ2n) is 16.1.